The number of benzene rings is 1. The number of nitrogens with zero attached hydrogens (tertiary/aromatic N) is 4. The van der Waals surface area contributed by atoms with Crippen molar-refractivity contribution in [1.82, 2.24) is 25.4 Å². The lowest BCUT2D eigenvalue weighted by Crippen LogP contribution is -2.41. The highest BCUT2D eigenvalue weighted by atomic mass is 16.2. The first-order valence-electron chi connectivity index (χ1n) is 9.59. The van der Waals surface area contributed by atoms with Gasteiger partial charge in [0.2, 0.25) is 5.91 Å². The molecule has 1 aliphatic heterocycles. The summed E-state index contributed by atoms with van der Waals surface area (Å²) >= 11 is 0. The van der Waals surface area contributed by atoms with Crippen molar-refractivity contribution < 1.29 is 14.4 Å². The Labute approximate surface area is 177 Å². The van der Waals surface area contributed by atoms with Crippen LogP contribution in [0.2, 0.25) is 0 Å². The highest BCUT2D eigenvalue weighted by Crippen LogP contribution is 2.21. The lowest BCUT2D eigenvalue weighted by Gasteiger charge is -2.13. The van der Waals surface area contributed by atoms with E-state index in [1.54, 1.807) is 42.6 Å². The zero-order valence-corrected chi connectivity index (χ0v) is 16.4. The summed E-state index contributed by atoms with van der Waals surface area (Å²) in [5, 5.41) is 16.9. The van der Waals surface area contributed by atoms with E-state index in [-0.39, 0.29) is 13.1 Å². The molecule has 10 heteroatoms. The molecule has 0 fully saturated rings. The number of fused-ring (bicyclic) bond motifs is 1. The molecular weight excluding hydrogens is 398 g/mol. The maximum atomic E-state index is 12.3. The lowest BCUT2D eigenvalue weighted by molar-refractivity contribution is -0.121. The second-order valence-electron chi connectivity index (χ2n) is 6.66. The molecule has 156 valence electrons. The molecule has 3 N–H and O–H groups in total. The van der Waals surface area contributed by atoms with Gasteiger partial charge in [-0.05, 0) is 36.4 Å². The van der Waals surface area contributed by atoms with Crippen LogP contribution >= 0.6 is 0 Å². The van der Waals surface area contributed by atoms with E-state index < -0.39 is 17.7 Å². The molecule has 3 amide bonds. The largest absolute Gasteiger partial charge is 0.367 e. The fourth-order valence-electron chi connectivity index (χ4n) is 3.04. The molecule has 10 nitrogen and oxygen atoms in total. The molecular formula is C21H19N7O3. The summed E-state index contributed by atoms with van der Waals surface area (Å²) < 4.78 is 0. The molecule has 0 unspecified atom stereocenters. The number of carbonyl (C=O) groups excluding carboxylic acids is 3. The number of imide groups is 1. The quantitative estimate of drug-likeness (QED) is 0.371. The van der Waals surface area contributed by atoms with Gasteiger partial charge in [0.15, 0.2) is 5.82 Å². The first-order valence-corrected chi connectivity index (χ1v) is 9.59. The molecule has 0 aliphatic carbocycles. The van der Waals surface area contributed by atoms with E-state index >= 15 is 0 Å². The monoisotopic (exact) mass is 417 g/mol. The summed E-state index contributed by atoms with van der Waals surface area (Å²) in [6.45, 7) is 0.368. The van der Waals surface area contributed by atoms with Gasteiger partial charge in [0.1, 0.15) is 18.2 Å². The topological polar surface area (TPSA) is 129 Å². The third-order valence-corrected chi connectivity index (χ3v) is 4.52. The van der Waals surface area contributed by atoms with Crippen LogP contribution in [0.15, 0.2) is 60.8 Å². The van der Waals surface area contributed by atoms with Gasteiger partial charge in [-0.25, -0.2) is 4.98 Å². The number of hydrogen-bond donors (Lipinski definition) is 3. The fraction of sp³-hybridized carbons (Fsp3) is 0.143. The molecule has 1 aliphatic rings. The Morgan fingerprint density at radius 2 is 1.48 bits per heavy atom. The number of nitrogens with one attached hydrogen (secondary N) is 3. The average molecular weight is 417 g/mol. The Morgan fingerprint density at radius 3 is 2.13 bits per heavy atom. The molecule has 0 saturated carbocycles. The predicted molar refractivity (Wildman–Crippen MR) is 113 cm³/mol. The van der Waals surface area contributed by atoms with Crippen LogP contribution < -0.4 is 16.0 Å². The van der Waals surface area contributed by atoms with E-state index in [2.05, 4.69) is 31.1 Å². The van der Waals surface area contributed by atoms with Crippen molar-refractivity contribution in [2.24, 2.45) is 0 Å². The van der Waals surface area contributed by atoms with Gasteiger partial charge < -0.3 is 16.0 Å². The number of amides is 3. The Kier molecular flexibility index (Phi) is 5.79. The normalized spacial score (nSPS) is 12.5. The molecule has 2 aromatic heterocycles. The van der Waals surface area contributed by atoms with Crippen LogP contribution in [0.3, 0.4) is 0 Å². The molecule has 0 atom stereocenters. The SMILES string of the molecule is O=C(CN1C(=O)c2ccccc2C1=O)NCCNc1ccc(Nc2ccccn2)nn1. The highest BCUT2D eigenvalue weighted by molar-refractivity contribution is 6.22. The summed E-state index contributed by atoms with van der Waals surface area (Å²) in [7, 11) is 0. The van der Waals surface area contributed by atoms with Crippen molar-refractivity contribution in [2.45, 2.75) is 0 Å². The van der Waals surface area contributed by atoms with Crippen molar-refractivity contribution >= 4 is 35.2 Å². The Balaban J connectivity index is 1.20. The maximum Gasteiger partial charge on any atom is 0.262 e. The lowest BCUT2D eigenvalue weighted by atomic mass is 10.1. The van der Waals surface area contributed by atoms with Crippen LogP contribution in [0.5, 0.6) is 0 Å². The number of anilines is 3. The van der Waals surface area contributed by atoms with E-state index in [4.69, 9.17) is 0 Å². The molecule has 0 radical (unpaired) electrons. The second-order valence-corrected chi connectivity index (χ2v) is 6.66. The van der Waals surface area contributed by atoms with E-state index in [1.165, 1.54) is 0 Å². The number of pyridine rings is 1. The molecule has 3 aromatic rings. The van der Waals surface area contributed by atoms with Crippen molar-refractivity contribution in [3.05, 3.63) is 71.9 Å². The number of carbonyl (C=O) groups is 3. The Hall–Kier alpha value is -4.34. The number of aromatic nitrogens is 3. The zero-order chi connectivity index (χ0) is 21.6. The Bertz CT molecular complexity index is 1070. The second kappa shape index (κ2) is 8.99. The minimum absolute atomic E-state index is 0.289. The zero-order valence-electron chi connectivity index (χ0n) is 16.4. The third-order valence-electron chi connectivity index (χ3n) is 4.52. The maximum absolute atomic E-state index is 12.3. The van der Waals surface area contributed by atoms with Crippen LogP contribution in [0.1, 0.15) is 20.7 Å². The van der Waals surface area contributed by atoms with Crippen molar-refractivity contribution in [1.29, 1.82) is 0 Å². The van der Waals surface area contributed by atoms with Gasteiger partial charge in [0.05, 0.1) is 11.1 Å². The summed E-state index contributed by atoms with van der Waals surface area (Å²) in [4.78, 5) is 41.8. The van der Waals surface area contributed by atoms with Crippen molar-refractivity contribution in [2.75, 3.05) is 30.3 Å². The standard InChI is InChI=1S/C21H19N7O3/c29-19(13-28-20(30)14-5-1-2-6-15(14)21(28)31)24-12-11-23-17-8-9-18(27-26-17)25-16-7-3-4-10-22-16/h1-10H,11-13H2,(H,23,26)(H,24,29)(H,22,25,27). The third kappa shape index (κ3) is 4.64. The first-order chi connectivity index (χ1) is 15.1. The molecule has 0 bridgehead atoms. The minimum Gasteiger partial charge on any atom is -0.367 e. The van der Waals surface area contributed by atoms with Gasteiger partial charge in [-0.1, -0.05) is 18.2 Å². The van der Waals surface area contributed by atoms with Crippen LogP contribution in [-0.4, -0.2) is 57.4 Å². The average Bonchev–Trinajstić information content (AvgIpc) is 3.03. The van der Waals surface area contributed by atoms with Gasteiger partial charge in [-0.2, -0.15) is 0 Å². The van der Waals surface area contributed by atoms with Gasteiger partial charge in [0, 0.05) is 19.3 Å². The molecule has 0 saturated heterocycles. The molecule has 31 heavy (non-hydrogen) atoms. The smallest absolute Gasteiger partial charge is 0.262 e. The Morgan fingerprint density at radius 1 is 0.806 bits per heavy atom. The summed E-state index contributed by atoms with van der Waals surface area (Å²) in [5.74, 6) is 0.433. The molecule has 4 rings (SSSR count). The predicted octanol–water partition coefficient (Wildman–Crippen LogP) is 1.44. The van der Waals surface area contributed by atoms with Crippen molar-refractivity contribution in [3.63, 3.8) is 0 Å². The molecule has 0 spiro atoms. The summed E-state index contributed by atoms with van der Waals surface area (Å²) in [5.41, 5.74) is 0.642. The van der Waals surface area contributed by atoms with E-state index in [1.807, 2.05) is 18.2 Å². The minimum atomic E-state index is -0.455. The van der Waals surface area contributed by atoms with Crippen LogP contribution in [0.25, 0.3) is 0 Å². The van der Waals surface area contributed by atoms with Gasteiger partial charge >= 0.3 is 0 Å². The van der Waals surface area contributed by atoms with Gasteiger partial charge in [-0.15, -0.1) is 10.2 Å². The van der Waals surface area contributed by atoms with E-state index in [0.717, 1.165) is 4.90 Å². The fourth-order valence-corrected chi connectivity index (χ4v) is 3.04. The van der Waals surface area contributed by atoms with Crippen LogP contribution in [-0.2, 0) is 4.79 Å². The molecule has 1 aromatic carbocycles. The first kappa shape index (κ1) is 20.0. The van der Waals surface area contributed by atoms with Crippen molar-refractivity contribution in [3.8, 4) is 0 Å². The van der Waals surface area contributed by atoms with Gasteiger partial charge in [-0.3, -0.25) is 19.3 Å². The highest BCUT2D eigenvalue weighted by Gasteiger charge is 2.36. The summed E-state index contributed by atoms with van der Waals surface area (Å²) in [6, 6.07) is 15.5. The van der Waals surface area contributed by atoms with E-state index in [9.17, 15) is 14.4 Å². The number of rotatable bonds is 8. The van der Waals surface area contributed by atoms with Crippen LogP contribution in [0, 0.1) is 0 Å². The van der Waals surface area contributed by atoms with E-state index in [0.29, 0.717) is 35.1 Å². The number of hydrogen-bond acceptors (Lipinski definition) is 8. The summed E-state index contributed by atoms with van der Waals surface area (Å²) in [6.07, 6.45) is 1.67. The molecule has 3 heterocycles. The van der Waals surface area contributed by atoms with Gasteiger partial charge in [0.25, 0.3) is 11.8 Å². The van der Waals surface area contributed by atoms with Crippen LogP contribution in [0.4, 0.5) is 17.5 Å².